The Balaban J connectivity index is 2.45. The lowest BCUT2D eigenvalue weighted by atomic mass is 10.4. The zero-order chi connectivity index (χ0) is 11.3. The number of aromatic nitrogens is 1. The molecule has 0 atom stereocenters. The van der Waals surface area contributed by atoms with Gasteiger partial charge in [-0.1, -0.05) is 6.92 Å². The van der Waals surface area contributed by atoms with Crippen molar-refractivity contribution in [3.8, 4) is 0 Å². The number of nitrogen functional groups attached to an aromatic ring is 1. The lowest BCUT2D eigenvalue weighted by Crippen LogP contribution is -2.17. The number of sulfone groups is 1. The van der Waals surface area contributed by atoms with Crippen LogP contribution >= 0.6 is 0 Å². The van der Waals surface area contributed by atoms with E-state index in [1.165, 1.54) is 0 Å². The molecule has 0 spiro atoms. The van der Waals surface area contributed by atoms with E-state index in [9.17, 15) is 8.42 Å². The zero-order valence-corrected chi connectivity index (χ0v) is 9.42. The van der Waals surface area contributed by atoms with Crippen molar-refractivity contribution in [2.45, 2.75) is 6.92 Å². The second-order valence-corrected chi connectivity index (χ2v) is 5.61. The summed E-state index contributed by atoms with van der Waals surface area (Å²) in [7, 11) is -2.92. The number of nitrogens with one attached hydrogen (secondary N) is 1. The SMILES string of the molecule is CCS(=O)(=O)CCNc1cc(N)ccn1. The molecule has 1 heterocycles. The van der Waals surface area contributed by atoms with Gasteiger partial charge in [0, 0.05) is 30.2 Å². The van der Waals surface area contributed by atoms with Gasteiger partial charge >= 0.3 is 0 Å². The van der Waals surface area contributed by atoms with Crippen molar-refractivity contribution < 1.29 is 8.42 Å². The number of nitrogens with two attached hydrogens (primary N) is 1. The van der Waals surface area contributed by atoms with E-state index in [2.05, 4.69) is 10.3 Å². The molecule has 0 bridgehead atoms. The highest BCUT2D eigenvalue weighted by Gasteiger charge is 2.06. The average Bonchev–Trinajstić information content (AvgIpc) is 2.18. The molecule has 0 amide bonds. The molecular weight excluding hydrogens is 214 g/mol. The zero-order valence-electron chi connectivity index (χ0n) is 8.60. The number of pyridine rings is 1. The summed E-state index contributed by atoms with van der Waals surface area (Å²) in [6.07, 6.45) is 1.58. The van der Waals surface area contributed by atoms with Crippen LogP contribution in [0, 0.1) is 0 Å². The Morgan fingerprint density at radius 3 is 2.87 bits per heavy atom. The fraction of sp³-hybridized carbons (Fsp3) is 0.444. The summed E-state index contributed by atoms with van der Waals surface area (Å²) in [6, 6.07) is 3.34. The minimum Gasteiger partial charge on any atom is -0.399 e. The Hall–Kier alpha value is -1.30. The predicted molar refractivity (Wildman–Crippen MR) is 61.5 cm³/mol. The summed E-state index contributed by atoms with van der Waals surface area (Å²) in [4.78, 5) is 4.00. The van der Waals surface area contributed by atoms with Crippen LogP contribution in [0.5, 0.6) is 0 Å². The standard InChI is InChI=1S/C9H15N3O2S/c1-2-15(13,14)6-5-12-9-7-8(10)3-4-11-9/h3-4,7H,2,5-6H2,1H3,(H3,10,11,12). The summed E-state index contributed by atoms with van der Waals surface area (Å²) in [5.41, 5.74) is 6.15. The van der Waals surface area contributed by atoms with Gasteiger partial charge in [-0.15, -0.1) is 0 Å². The van der Waals surface area contributed by atoms with Gasteiger partial charge in [-0.2, -0.15) is 0 Å². The van der Waals surface area contributed by atoms with Crippen LogP contribution < -0.4 is 11.1 Å². The molecule has 1 aromatic rings. The maximum atomic E-state index is 11.2. The van der Waals surface area contributed by atoms with Crippen LogP contribution in [0.2, 0.25) is 0 Å². The second-order valence-electron chi connectivity index (χ2n) is 3.14. The van der Waals surface area contributed by atoms with E-state index < -0.39 is 9.84 Å². The van der Waals surface area contributed by atoms with Crippen molar-refractivity contribution in [3.05, 3.63) is 18.3 Å². The van der Waals surface area contributed by atoms with Gasteiger partial charge in [0.1, 0.15) is 5.82 Å². The molecule has 0 unspecified atom stereocenters. The molecule has 0 radical (unpaired) electrons. The topological polar surface area (TPSA) is 85.1 Å². The number of hydrogen-bond acceptors (Lipinski definition) is 5. The molecule has 0 aliphatic rings. The third-order valence-electron chi connectivity index (χ3n) is 1.94. The van der Waals surface area contributed by atoms with Crippen molar-refractivity contribution in [2.75, 3.05) is 29.1 Å². The Bertz CT molecular complexity index is 417. The highest BCUT2D eigenvalue weighted by molar-refractivity contribution is 7.91. The van der Waals surface area contributed by atoms with E-state index in [-0.39, 0.29) is 11.5 Å². The molecule has 15 heavy (non-hydrogen) atoms. The Morgan fingerprint density at radius 1 is 1.53 bits per heavy atom. The molecule has 1 rings (SSSR count). The summed E-state index contributed by atoms with van der Waals surface area (Å²) >= 11 is 0. The fourth-order valence-electron chi connectivity index (χ4n) is 1.02. The predicted octanol–water partition coefficient (Wildman–Crippen LogP) is 0.510. The minimum atomic E-state index is -2.92. The van der Waals surface area contributed by atoms with Gasteiger partial charge in [0.2, 0.25) is 0 Å². The quantitative estimate of drug-likeness (QED) is 0.768. The van der Waals surface area contributed by atoms with E-state index in [4.69, 9.17) is 5.73 Å². The lowest BCUT2D eigenvalue weighted by molar-refractivity contribution is 0.597. The molecule has 0 saturated carbocycles. The maximum absolute atomic E-state index is 11.2. The van der Waals surface area contributed by atoms with Crippen LogP contribution in [-0.2, 0) is 9.84 Å². The van der Waals surface area contributed by atoms with Gasteiger partial charge in [-0.05, 0) is 6.07 Å². The van der Waals surface area contributed by atoms with Crippen molar-refractivity contribution in [1.29, 1.82) is 0 Å². The number of anilines is 2. The van der Waals surface area contributed by atoms with Crippen molar-refractivity contribution >= 4 is 21.3 Å². The van der Waals surface area contributed by atoms with Gasteiger partial charge < -0.3 is 11.1 Å². The van der Waals surface area contributed by atoms with Gasteiger partial charge in [0.25, 0.3) is 0 Å². The van der Waals surface area contributed by atoms with Crippen LogP contribution in [0.1, 0.15) is 6.92 Å². The Morgan fingerprint density at radius 2 is 2.27 bits per heavy atom. The first-order valence-corrected chi connectivity index (χ1v) is 6.51. The molecule has 0 aliphatic carbocycles. The summed E-state index contributed by atoms with van der Waals surface area (Å²) in [6.45, 7) is 1.99. The van der Waals surface area contributed by atoms with Crippen LogP contribution in [0.4, 0.5) is 11.5 Å². The van der Waals surface area contributed by atoms with E-state index in [1.54, 1.807) is 25.3 Å². The van der Waals surface area contributed by atoms with E-state index in [0.717, 1.165) is 0 Å². The van der Waals surface area contributed by atoms with Crippen LogP contribution in [0.15, 0.2) is 18.3 Å². The number of nitrogens with zero attached hydrogens (tertiary/aromatic N) is 1. The normalized spacial score (nSPS) is 11.3. The highest BCUT2D eigenvalue weighted by atomic mass is 32.2. The van der Waals surface area contributed by atoms with Crippen molar-refractivity contribution in [1.82, 2.24) is 4.98 Å². The van der Waals surface area contributed by atoms with E-state index in [0.29, 0.717) is 18.1 Å². The molecule has 84 valence electrons. The van der Waals surface area contributed by atoms with Gasteiger partial charge in [-0.3, -0.25) is 0 Å². The van der Waals surface area contributed by atoms with E-state index >= 15 is 0 Å². The second kappa shape index (κ2) is 4.97. The van der Waals surface area contributed by atoms with Crippen molar-refractivity contribution in [2.24, 2.45) is 0 Å². The average molecular weight is 229 g/mol. The smallest absolute Gasteiger partial charge is 0.151 e. The highest BCUT2D eigenvalue weighted by Crippen LogP contribution is 2.07. The Labute approximate surface area is 89.6 Å². The first-order chi connectivity index (χ1) is 7.03. The fourth-order valence-corrected chi connectivity index (χ4v) is 1.72. The summed E-state index contributed by atoms with van der Waals surface area (Å²) in [5.74, 6) is 0.875. The van der Waals surface area contributed by atoms with Gasteiger partial charge in [0.05, 0.1) is 5.75 Å². The largest absolute Gasteiger partial charge is 0.399 e. The van der Waals surface area contributed by atoms with Crippen molar-refractivity contribution in [3.63, 3.8) is 0 Å². The molecule has 5 nitrogen and oxygen atoms in total. The van der Waals surface area contributed by atoms with Gasteiger partial charge in [0.15, 0.2) is 9.84 Å². The lowest BCUT2D eigenvalue weighted by Gasteiger charge is -2.05. The van der Waals surface area contributed by atoms with Crippen LogP contribution in [-0.4, -0.2) is 31.5 Å². The minimum absolute atomic E-state index is 0.111. The molecule has 3 N–H and O–H groups in total. The third kappa shape index (κ3) is 4.16. The molecule has 1 aromatic heterocycles. The summed E-state index contributed by atoms with van der Waals surface area (Å²) < 4.78 is 22.3. The molecule has 0 aromatic carbocycles. The molecule has 0 aliphatic heterocycles. The number of hydrogen-bond donors (Lipinski definition) is 2. The first kappa shape index (κ1) is 11.8. The van der Waals surface area contributed by atoms with E-state index in [1.807, 2.05) is 0 Å². The molecular formula is C9H15N3O2S. The third-order valence-corrected chi connectivity index (χ3v) is 3.65. The monoisotopic (exact) mass is 229 g/mol. The molecule has 0 fully saturated rings. The first-order valence-electron chi connectivity index (χ1n) is 4.69. The molecule has 0 saturated heterocycles. The Kier molecular flexibility index (Phi) is 3.90. The maximum Gasteiger partial charge on any atom is 0.151 e. The summed E-state index contributed by atoms with van der Waals surface area (Å²) in [5, 5.41) is 2.91. The van der Waals surface area contributed by atoms with Gasteiger partial charge in [-0.25, -0.2) is 13.4 Å². The number of rotatable bonds is 5. The molecule has 6 heteroatoms. The van der Waals surface area contributed by atoms with Crippen LogP contribution in [0.25, 0.3) is 0 Å². The van der Waals surface area contributed by atoms with Crippen LogP contribution in [0.3, 0.4) is 0 Å².